The fourth-order valence-electron chi connectivity index (χ4n) is 1.12. The van der Waals surface area contributed by atoms with Crippen LogP contribution in [0, 0.1) is 17.0 Å². The molecule has 0 radical (unpaired) electrons. The predicted molar refractivity (Wildman–Crippen MR) is 54.5 cm³/mol. The third kappa shape index (κ3) is 1.87. The van der Waals surface area contributed by atoms with E-state index in [0.29, 0.717) is 11.4 Å². The number of nitrogens with two attached hydrogens (primary N) is 1. The molecule has 0 aliphatic rings. The summed E-state index contributed by atoms with van der Waals surface area (Å²) >= 11 is 0. The number of non-ortho nitro benzene ring substituents is 1. The minimum absolute atomic E-state index is 0.0252. The van der Waals surface area contributed by atoms with Crippen molar-refractivity contribution >= 4 is 11.5 Å². The molecular weight excluding hydrogens is 182 g/mol. The van der Waals surface area contributed by atoms with Crippen LogP contribution in [0.25, 0.3) is 0 Å². The van der Waals surface area contributed by atoms with Crippen LogP contribution in [0.1, 0.15) is 11.1 Å². The van der Waals surface area contributed by atoms with Crippen molar-refractivity contribution in [2.45, 2.75) is 6.92 Å². The largest absolute Gasteiger partial charge is 0.384 e. The van der Waals surface area contributed by atoms with Gasteiger partial charge in [-0.15, -0.1) is 0 Å². The van der Waals surface area contributed by atoms with Crippen molar-refractivity contribution in [1.82, 2.24) is 0 Å². The van der Waals surface area contributed by atoms with Crippen molar-refractivity contribution in [3.05, 3.63) is 39.4 Å². The standard InChI is InChI=1S/C9H11N3O2/c1-6-3-4-7(12(13)14)5-8(6)9(10)11-2/h3-5H,1-2H3,(H2,10,11). The van der Waals surface area contributed by atoms with Crippen molar-refractivity contribution in [1.29, 1.82) is 0 Å². The first kappa shape index (κ1) is 10.2. The summed E-state index contributed by atoms with van der Waals surface area (Å²) < 4.78 is 0. The molecule has 5 nitrogen and oxygen atoms in total. The third-order valence-corrected chi connectivity index (χ3v) is 1.95. The lowest BCUT2D eigenvalue weighted by atomic mass is 10.1. The molecule has 1 aromatic carbocycles. The van der Waals surface area contributed by atoms with Gasteiger partial charge in [0.1, 0.15) is 5.84 Å². The van der Waals surface area contributed by atoms with Gasteiger partial charge < -0.3 is 5.73 Å². The molecule has 0 amide bonds. The van der Waals surface area contributed by atoms with Crippen LogP contribution >= 0.6 is 0 Å². The second-order valence-electron chi connectivity index (χ2n) is 2.87. The Bertz CT molecular complexity index is 399. The van der Waals surface area contributed by atoms with E-state index in [9.17, 15) is 10.1 Å². The van der Waals surface area contributed by atoms with Gasteiger partial charge in [-0.2, -0.15) is 0 Å². The molecule has 0 unspecified atom stereocenters. The maximum absolute atomic E-state index is 10.5. The Morgan fingerprint density at radius 2 is 2.21 bits per heavy atom. The van der Waals surface area contributed by atoms with E-state index in [1.54, 1.807) is 13.1 Å². The maximum Gasteiger partial charge on any atom is 0.270 e. The van der Waals surface area contributed by atoms with E-state index < -0.39 is 4.92 Å². The van der Waals surface area contributed by atoms with Gasteiger partial charge in [-0.1, -0.05) is 6.07 Å². The SMILES string of the molecule is CN=C(N)c1cc([N+](=O)[O-])ccc1C. The molecular formula is C9H11N3O2. The molecule has 1 aromatic rings. The van der Waals surface area contributed by atoms with Crippen LogP contribution in [0.3, 0.4) is 0 Å². The summed E-state index contributed by atoms with van der Waals surface area (Å²) in [5, 5.41) is 10.5. The maximum atomic E-state index is 10.5. The van der Waals surface area contributed by atoms with E-state index in [2.05, 4.69) is 4.99 Å². The van der Waals surface area contributed by atoms with Crippen molar-refractivity contribution in [3.63, 3.8) is 0 Å². The topological polar surface area (TPSA) is 81.5 Å². The zero-order valence-electron chi connectivity index (χ0n) is 8.02. The molecule has 2 N–H and O–H groups in total. The summed E-state index contributed by atoms with van der Waals surface area (Å²) in [5.74, 6) is 0.311. The smallest absolute Gasteiger partial charge is 0.270 e. The zero-order valence-corrected chi connectivity index (χ0v) is 8.02. The second-order valence-corrected chi connectivity index (χ2v) is 2.87. The molecule has 74 valence electrons. The number of nitrogens with zero attached hydrogens (tertiary/aromatic N) is 2. The normalized spacial score (nSPS) is 11.4. The average molecular weight is 193 g/mol. The van der Waals surface area contributed by atoms with Crippen LogP contribution in [0.5, 0.6) is 0 Å². The number of benzene rings is 1. The van der Waals surface area contributed by atoms with Gasteiger partial charge in [-0.25, -0.2) is 0 Å². The van der Waals surface area contributed by atoms with Gasteiger partial charge in [0, 0.05) is 24.7 Å². The van der Waals surface area contributed by atoms with E-state index in [0.717, 1.165) is 5.56 Å². The lowest BCUT2D eigenvalue weighted by Crippen LogP contribution is -2.14. The highest BCUT2D eigenvalue weighted by atomic mass is 16.6. The Morgan fingerprint density at radius 3 is 2.71 bits per heavy atom. The van der Waals surface area contributed by atoms with Gasteiger partial charge in [0.25, 0.3) is 5.69 Å². The van der Waals surface area contributed by atoms with Crippen molar-refractivity contribution in [3.8, 4) is 0 Å². The molecule has 0 saturated heterocycles. The molecule has 0 spiro atoms. The molecule has 0 atom stereocenters. The molecule has 0 aliphatic heterocycles. The number of hydrogen-bond acceptors (Lipinski definition) is 3. The number of rotatable bonds is 2. The first-order valence-corrected chi connectivity index (χ1v) is 4.04. The number of nitro benzene ring substituents is 1. The molecule has 14 heavy (non-hydrogen) atoms. The molecule has 0 saturated carbocycles. The Labute approximate surface area is 81.4 Å². The van der Waals surface area contributed by atoms with Crippen LogP contribution in [0.2, 0.25) is 0 Å². The minimum Gasteiger partial charge on any atom is -0.384 e. The first-order chi connectivity index (χ1) is 6.56. The fraction of sp³-hybridized carbons (Fsp3) is 0.222. The fourth-order valence-corrected chi connectivity index (χ4v) is 1.12. The van der Waals surface area contributed by atoms with Gasteiger partial charge in [0.2, 0.25) is 0 Å². The van der Waals surface area contributed by atoms with E-state index in [1.807, 2.05) is 6.92 Å². The lowest BCUT2D eigenvalue weighted by molar-refractivity contribution is -0.384. The zero-order chi connectivity index (χ0) is 10.7. The predicted octanol–water partition coefficient (Wildman–Crippen LogP) is 1.24. The summed E-state index contributed by atoms with van der Waals surface area (Å²) in [5.41, 5.74) is 7.10. The summed E-state index contributed by atoms with van der Waals surface area (Å²) in [6, 6.07) is 4.53. The summed E-state index contributed by atoms with van der Waals surface area (Å²) in [6.45, 7) is 1.83. The van der Waals surface area contributed by atoms with E-state index in [1.165, 1.54) is 12.1 Å². The van der Waals surface area contributed by atoms with Crippen LogP contribution in [-0.4, -0.2) is 17.8 Å². The van der Waals surface area contributed by atoms with Gasteiger partial charge in [-0.05, 0) is 12.5 Å². The van der Waals surface area contributed by atoms with E-state index in [4.69, 9.17) is 5.73 Å². The summed E-state index contributed by atoms with van der Waals surface area (Å²) in [6.07, 6.45) is 0. The summed E-state index contributed by atoms with van der Waals surface area (Å²) in [7, 11) is 1.55. The molecule has 5 heteroatoms. The summed E-state index contributed by atoms with van der Waals surface area (Å²) in [4.78, 5) is 13.8. The van der Waals surface area contributed by atoms with Crippen LogP contribution in [-0.2, 0) is 0 Å². The van der Waals surface area contributed by atoms with Crippen LogP contribution < -0.4 is 5.73 Å². The van der Waals surface area contributed by atoms with Crippen molar-refractivity contribution in [2.24, 2.45) is 10.7 Å². The van der Waals surface area contributed by atoms with Gasteiger partial charge >= 0.3 is 0 Å². The number of aliphatic imine (C=N–C) groups is 1. The monoisotopic (exact) mass is 193 g/mol. The minimum atomic E-state index is -0.453. The molecule has 0 heterocycles. The second kappa shape index (κ2) is 3.87. The van der Waals surface area contributed by atoms with Crippen molar-refractivity contribution < 1.29 is 4.92 Å². The van der Waals surface area contributed by atoms with E-state index >= 15 is 0 Å². The molecule has 0 fully saturated rings. The van der Waals surface area contributed by atoms with Gasteiger partial charge in [0.15, 0.2) is 0 Å². The molecule has 0 aromatic heterocycles. The Morgan fingerprint density at radius 1 is 1.57 bits per heavy atom. The van der Waals surface area contributed by atoms with Gasteiger partial charge in [-0.3, -0.25) is 15.1 Å². The lowest BCUT2D eigenvalue weighted by Gasteiger charge is -2.03. The molecule has 0 aliphatic carbocycles. The Kier molecular flexibility index (Phi) is 2.81. The van der Waals surface area contributed by atoms with Crippen LogP contribution in [0.4, 0.5) is 5.69 Å². The Balaban J connectivity index is 3.28. The van der Waals surface area contributed by atoms with Crippen molar-refractivity contribution in [2.75, 3.05) is 7.05 Å². The molecule has 1 rings (SSSR count). The number of aryl methyl sites for hydroxylation is 1. The third-order valence-electron chi connectivity index (χ3n) is 1.95. The van der Waals surface area contributed by atoms with Gasteiger partial charge in [0.05, 0.1) is 4.92 Å². The number of nitro groups is 1. The highest BCUT2D eigenvalue weighted by Gasteiger charge is 2.10. The quantitative estimate of drug-likeness (QED) is 0.332. The van der Waals surface area contributed by atoms with Crippen LogP contribution in [0.15, 0.2) is 23.2 Å². The average Bonchev–Trinajstić information content (AvgIpc) is 2.17. The first-order valence-electron chi connectivity index (χ1n) is 4.04. The van der Waals surface area contributed by atoms with E-state index in [-0.39, 0.29) is 5.69 Å². The molecule has 0 bridgehead atoms. The number of amidine groups is 1. The highest BCUT2D eigenvalue weighted by Crippen LogP contribution is 2.16. The highest BCUT2D eigenvalue weighted by molar-refractivity contribution is 5.99. The number of hydrogen-bond donors (Lipinski definition) is 1. The Hall–Kier alpha value is -1.91.